The van der Waals surface area contributed by atoms with Gasteiger partial charge in [0.05, 0.1) is 0 Å². The third-order valence-corrected chi connectivity index (χ3v) is 5.24. The Hall–Kier alpha value is 0. The fourth-order valence-corrected chi connectivity index (χ4v) is 3.98. The second kappa shape index (κ2) is 3.54. The van der Waals surface area contributed by atoms with E-state index in [2.05, 4.69) is 27.7 Å². The Morgan fingerprint density at radius 3 is 2.36 bits per heavy atom. The Bertz CT molecular complexity index is 204. The maximum atomic E-state index is 2.51. The van der Waals surface area contributed by atoms with Crippen LogP contribution in [0.5, 0.6) is 0 Å². The number of fused-ring (bicyclic) bond motifs is 1. The van der Waals surface area contributed by atoms with Gasteiger partial charge < -0.3 is 0 Å². The van der Waals surface area contributed by atoms with Crippen molar-refractivity contribution in [1.29, 1.82) is 0 Å². The first-order valence-electron chi connectivity index (χ1n) is 6.50. The Morgan fingerprint density at radius 2 is 1.64 bits per heavy atom. The molecule has 0 radical (unpaired) electrons. The lowest BCUT2D eigenvalue weighted by atomic mass is 9.55. The first-order valence-corrected chi connectivity index (χ1v) is 6.50. The smallest absolute Gasteiger partial charge is 0.0323 e. The molecule has 2 saturated carbocycles. The summed E-state index contributed by atoms with van der Waals surface area (Å²) >= 11 is 0. The molecule has 0 N–H and O–H groups in total. The summed E-state index contributed by atoms with van der Waals surface area (Å²) in [4.78, 5) is 0. The molecule has 2 aliphatic rings. The first kappa shape index (κ1) is 10.5. The third-order valence-electron chi connectivity index (χ3n) is 5.24. The van der Waals surface area contributed by atoms with Crippen LogP contribution < -0.4 is 0 Å². The average molecular weight is 194 g/mol. The van der Waals surface area contributed by atoms with Crippen LogP contribution in [-0.2, 0) is 0 Å². The Morgan fingerprint density at radius 1 is 1.00 bits per heavy atom. The molecule has 0 aliphatic heterocycles. The van der Waals surface area contributed by atoms with E-state index in [9.17, 15) is 0 Å². The molecule has 0 heterocycles. The second-order valence-corrected chi connectivity index (χ2v) is 6.67. The highest BCUT2D eigenvalue weighted by molar-refractivity contribution is 4.93. The van der Waals surface area contributed by atoms with E-state index in [-0.39, 0.29) is 0 Å². The molecule has 0 nitrogen and oxygen atoms in total. The van der Waals surface area contributed by atoms with Crippen LogP contribution in [0.2, 0.25) is 0 Å². The fourth-order valence-electron chi connectivity index (χ4n) is 3.98. The van der Waals surface area contributed by atoms with Gasteiger partial charge in [-0.15, -0.1) is 0 Å². The van der Waals surface area contributed by atoms with Crippen molar-refractivity contribution in [1.82, 2.24) is 0 Å². The van der Waals surface area contributed by atoms with Gasteiger partial charge in [0, 0.05) is 0 Å². The topological polar surface area (TPSA) is 0 Å². The lowest BCUT2D eigenvalue weighted by molar-refractivity contribution is 0.000159. The molecule has 2 rings (SSSR count). The van der Waals surface area contributed by atoms with E-state index in [0.717, 1.165) is 23.7 Å². The van der Waals surface area contributed by atoms with Crippen LogP contribution in [0.3, 0.4) is 0 Å². The fraction of sp³-hybridized carbons (Fsp3) is 1.00. The summed E-state index contributed by atoms with van der Waals surface area (Å²) in [6, 6.07) is 0. The number of rotatable bonds is 0. The zero-order valence-electron chi connectivity index (χ0n) is 10.3. The predicted molar refractivity (Wildman–Crippen MR) is 62.2 cm³/mol. The molecule has 0 aromatic heterocycles. The quantitative estimate of drug-likeness (QED) is 0.533. The molecule has 0 aromatic rings. The summed E-state index contributed by atoms with van der Waals surface area (Å²) in [7, 11) is 0. The van der Waals surface area contributed by atoms with Gasteiger partial charge in [-0.3, -0.25) is 0 Å². The minimum atomic E-state index is 0.636. The summed E-state index contributed by atoms with van der Waals surface area (Å²) in [5.74, 6) is 4.03. The van der Waals surface area contributed by atoms with E-state index in [0.29, 0.717) is 5.41 Å². The van der Waals surface area contributed by atoms with Gasteiger partial charge in [0.15, 0.2) is 0 Å². The van der Waals surface area contributed by atoms with E-state index >= 15 is 0 Å². The monoisotopic (exact) mass is 194 g/mol. The summed E-state index contributed by atoms with van der Waals surface area (Å²) in [6.45, 7) is 9.94. The molecule has 14 heavy (non-hydrogen) atoms. The molecule has 0 aromatic carbocycles. The van der Waals surface area contributed by atoms with E-state index < -0.39 is 0 Å². The molecular weight excluding hydrogens is 168 g/mol. The molecule has 0 spiro atoms. The highest BCUT2D eigenvalue weighted by Gasteiger charge is 2.43. The molecule has 2 aliphatic carbocycles. The van der Waals surface area contributed by atoms with Crippen molar-refractivity contribution in [3.63, 3.8) is 0 Å². The van der Waals surface area contributed by atoms with Crippen LogP contribution in [0.4, 0.5) is 0 Å². The SMILES string of the molecule is CC1CC2CCCC(C)(C)C2CC1C. The number of hydrogen-bond donors (Lipinski definition) is 0. The van der Waals surface area contributed by atoms with Gasteiger partial charge in [-0.25, -0.2) is 0 Å². The molecular formula is C14H26. The first-order chi connectivity index (χ1) is 6.50. The van der Waals surface area contributed by atoms with E-state index in [4.69, 9.17) is 0 Å². The van der Waals surface area contributed by atoms with Crippen molar-refractivity contribution in [3.8, 4) is 0 Å². The van der Waals surface area contributed by atoms with Crippen molar-refractivity contribution in [2.45, 2.75) is 59.8 Å². The Labute approximate surface area is 89.5 Å². The zero-order valence-corrected chi connectivity index (χ0v) is 10.3. The number of hydrogen-bond acceptors (Lipinski definition) is 0. The lowest BCUT2D eigenvalue weighted by Crippen LogP contribution is -2.41. The molecule has 4 atom stereocenters. The molecule has 0 heteroatoms. The van der Waals surface area contributed by atoms with Gasteiger partial charge in [-0.1, -0.05) is 40.5 Å². The molecule has 0 bridgehead atoms. The van der Waals surface area contributed by atoms with Gasteiger partial charge >= 0.3 is 0 Å². The normalized spacial score (nSPS) is 47.1. The second-order valence-electron chi connectivity index (χ2n) is 6.67. The molecule has 2 fully saturated rings. The van der Waals surface area contributed by atoms with Gasteiger partial charge in [-0.2, -0.15) is 0 Å². The van der Waals surface area contributed by atoms with Gasteiger partial charge in [0.2, 0.25) is 0 Å². The minimum absolute atomic E-state index is 0.636. The molecule has 82 valence electrons. The van der Waals surface area contributed by atoms with E-state index in [1.807, 2.05) is 0 Å². The summed E-state index contributed by atoms with van der Waals surface area (Å²) < 4.78 is 0. The third kappa shape index (κ3) is 1.73. The van der Waals surface area contributed by atoms with E-state index in [1.54, 1.807) is 0 Å². The summed E-state index contributed by atoms with van der Waals surface area (Å²) in [5, 5.41) is 0. The average Bonchev–Trinajstić information content (AvgIpc) is 2.08. The Balaban J connectivity index is 2.12. The predicted octanol–water partition coefficient (Wildman–Crippen LogP) is 4.49. The van der Waals surface area contributed by atoms with Crippen LogP contribution in [0.15, 0.2) is 0 Å². The Kier molecular flexibility index (Phi) is 2.66. The van der Waals surface area contributed by atoms with Crippen molar-refractivity contribution in [2.75, 3.05) is 0 Å². The minimum Gasteiger partial charge on any atom is -0.0622 e. The molecule has 0 saturated heterocycles. The van der Waals surface area contributed by atoms with E-state index in [1.165, 1.54) is 32.1 Å². The van der Waals surface area contributed by atoms with Crippen LogP contribution in [-0.4, -0.2) is 0 Å². The zero-order chi connectivity index (χ0) is 10.3. The lowest BCUT2D eigenvalue weighted by Gasteiger charge is -2.50. The van der Waals surface area contributed by atoms with Gasteiger partial charge in [0.1, 0.15) is 0 Å². The van der Waals surface area contributed by atoms with Crippen molar-refractivity contribution >= 4 is 0 Å². The molecule has 4 unspecified atom stereocenters. The summed E-state index contributed by atoms with van der Waals surface area (Å²) in [6.07, 6.45) is 7.48. The van der Waals surface area contributed by atoms with Crippen LogP contribution in [0, 0.1) is 29.1 Å². The largest absolute Gasteiger partial charge is 0.0622 e. The maximum Gasteiger partial charge on any atom is -0.0323 e. The van der Waals surface area contributed by atoms with Gasteiger partial charge in [0.25, 0.3) is 0 Å². The van der Waals surface area contributed by atoms with Crippen molar-refractivity contribution < 1.29 is 0 Å². The van der Waals surface area contributed by atoms with Crippen molar-refractivity contribution in [3.05, 3.63) is 0 Å². The maximum absolute atomic E-state index is 2.51. The summed E-state index contributed by atoms with van der Waals surface area (Å²) in [5.41, 5.74) is 0.636. The highest BCUT2D eigenvalue weighted by Crippen LogP contribution is 2.52. The van der Waals surface area contributed by atoms with Crippen molar-refractivity contribution in [2.24, 2.45) is 29.1 Å². The standard InChI is InChI=1S/C14H26/c1-10-8-12-6-5-7-14(3,4)13(12)9-11(10)2/h10-13H,5-9H2,1-4H3. The molecule has 0 amide bonds. The van der Waals surface area contributed by atoms with Crippen LogP contribution in [0.25, 0.3) is 0 Å². The highest BCUT2D eigenvalue weighted by atomic mass is 14.5. The van der Waals surface area contributed by atoms with Crippen LogP contribution in [0.1, 0.15) is 59.8 Å². The van der Waals surface area contributed by atoms with Crippen LogP contribution >= 0.6 is 0 Å². The van der Waals surface area contributed by atoms with Gasteiger partial charge in [-0.05, 0) is 48.3 Å².